The summed E-state index contributed by atoms with van der Waals surface area (Å²) in [6.45, 7) is 3.88. The molecule has 4 nitrogen and oxygen atoms in total. The maximum atomic E-state index is 11.4. The van der Waals surface area contributed by atoms with E-state index in [0.29, 0.717) is 5.75 Å². The van der Waals surface area contributed by atoms with Crippen LogP contribution in [-0.4, -0.2) is 28.8 Å². The van der Waals surface area contributed by atoms with E-state index in [-0.39, 0.29) is 11.9 Å². The normalized spacial score (nSPS) is 12.4. The van der Waals surface area contributed by atoms with E-state index in [1.54, 1.807) is 18.1 Å². The molecule has 1 unspecified atom stereocenters. The first-order valence-electron chi connectivity index (χ1n) is 6.04. The molecule has 2 aromatic rings. The second kappa shape index (κ2) is 6.02. The molecule has 0 radical (unpaired) electrons. The van der Waals surface area contributed by atoms with Gasteiger partial charge in [-0.25, -0.2) is 9.97 Å². The molecule has 5 heteroatoms. The molecule has 0 saturated carbocycles. The first kappa shape index (κ1) is 13.8. The second-order valence-electron chi connectivity index (χ2n) is 4.39. The van der Waals surface area contributed by atoms with Gasteiger partial charge >= 0.3 is 5.97 Å². The number of aromatic nitrogens is 2. The average Bonchev–Trinajstić information content (AvgIpc) is 2.44. The lowest BCUT2D eigenvalue weighted by Gasteiger charge is -2.09. The Labute approximate surface area is 116 Å². The number of fused-ring (bicyclic) bond motifs is 1. The van der Waals surface area contributed by atoms with E-state index in [0.717, 1.165) is 21.5 Å². The van der Waals surface area contributed by atoms with E-state index in [9.17, 15) is 4.79 Å². The van der Waals surface area contributed by atoms with Crippen LogP contribution in [0.3, 0.4) is 0 Å². The number of carbonyl (C=O) groups is 1. The molecule has 0 aliphatic rings. The Morgan fingerprint density at radius 3 is 2.95 bits per heavy atom. The molecule has 1 atom stereocenters. The van der Waals surface area contributed by atoms with Gasteiger partial charge in [-0.05, 0) is 12.5 Å². The summed E-state index contributed by atoms with van der Waals surface area (Å²) in [4.78, 5) is 20.0. The molecule has 1 heterocycles. The number of methoxy groups -OCH3 is 1. The molecule has 100 valence electrons. The molecular weight excluding hydrogens is 260 g/mol. The fraction of sp³-hybridized carbons (Fsp3) is 0.357. The zero-order valence-electron chi connectivity index (χ0n) is 11.2. The number of carbonyl (C=O) groups excluding carboxylic acids is 1. The van der Waals surface area contributed by atoms with Crippen molar-refractivity contribution in [1.82, 2.24) is 9.97 Å². The van der Waals surface area contributed by atoms with E-state index in [1.807, 2.05) is 32.0 Å². The molecule has 2 rings (SSSR count). The van der Waals surface area contributed by atoms with Gasteiger partial charge in [-0.3, -0.25) is 4.79 Å². The van der Waals surface area contributed by atoms with Crippen LogP contribution in [-0.2, 0) is 9.53 Å². The summed E-state index contributed by atoms with van der Waals surface area (Å²) < 4.78 is 4.72. The smallest absolute Gasteiger partial charge is 0.309 e. The Morgan fingerprint density at radius 1 is 1.42 bits per heavy atom. The molecule has 0 aliphatic heterocycles. The van der Waals surface area contributed by atoms with E-state index < -0.39 is 0 Å². The number of rotatable bonds is 4. The zero-order chi connectivity index (χ0) is 13.8. The van der Waals surface area contributed by atoms with Crippen LogP contribution < -0.4 is 0 Å². The summed E-state index contributed by atoms with van der Waals surface area (Å²) in [6, 6.07) is 6.03. The van der Waals surface area contributed by atoms with Crippen LogP contribution >= 0.6 is 11.8 Å². The molecular formula is C14H16N2O2S. The molecule has 0 spiro atoms. The summed E-state index contributed by atoms with van der Waals surface area (Å²) >= 11 is 1.56. The van der Waals surface area contributed by atoms with Crippen molar-refractivity contribution in [3.8, 4) is 0 Å². The van der Waals surface area contributed by atoms with Crippen molar-refractivity contribution in [3.05, 3.63) is 30.1 Å². The van der Waals surface area contributed by atoms with Crippen LogP contribution in [0.1, 0.15) is 12.5 Å². The topological polar surface area (TPSA) is 52.1 Å². The molecule has 0 amide bonds. The van der Waals surface area contributed by atoms with Crippen LogP contribution in [0, 0.1) is 12.8 Å². The summed E-state index contributed by atoms with van der Waals surface area (Å²) in [5.41, 5.74) is 2.09. The molecule has 0 fully saturated rings. The van der Waals surface area contributed by atoms with Gasteiger partial charge in [-0.1, -0.05) is 25.1 Å². The van der Waals surface area contributed by atoms with E-state index >= 15 is 0 Å². The fourth-order valence-electron chi connectivity index (χ4n) is 1.80. The number of para-hydroxylation sites is 1. The van der Waals surface area contributed by atoms with Crippen LogP contribution in [0.2, 0.25) is 0 Å². The van der Waals surface area contributed by atoms with Crippen LogP contribution in [0.15, 0.2) is 29.6 Å². The van der Waals surface area contributed by atoms with Gasteiger partial charge in [0.15, 0.2) is 0 Å². The highest BCUT2D eigenvalue weighted by molar-refractivity contribution is 7.99. The number of benzene rings is 1. The summed E-state index contributed by atoms with van der Waals surface area (Å²) in [5.74, 6) is 0.305. The van der Waals surface area contributed by atoms with Crippen molar-refractivity contribution in [3.63, 3.8) is 0 Å². The van der Waals surface area contributed by atoms with Crippen LogP contribution in [0.5, 0.6) is 0 Å². The Kier molecular flexibility index (Phi) is 4.37. The predicted molar refractivity (Wildman–Crippen MR) is 76.2 cm³/mol. The Morgan fingerprint density at radius 2 is 2.21 bits per heavy atom. The highest BCUT2D eigenvalue weighted by atomic mass is 32.2. The fourth-order valence-corrected chi connectivity index (χ4v) is 2.79. The second-order valence-corrected chi connectivity index (χ2v) is 5.39. The first-order chi connectivity index (χ1) is 9.13. The Balaban J connectivity index is 2.22. The van der Waals surface area contributed by atoms with Crippen molar-refractivity contribution in [2.75, 3.05) is 12.9 Å². The summed E-state index contributed by atoms with van der Waals surface area (Å²) in [6.07, 6.45) is 1.57. The SMILES string of the molecule is COC(=O)C(C)CSc1ncnc2c(C)cccc12. The lowest BCUT2D eigenvalue weighted by molar-refractivity contribution is -0.143. The number of aryl methyl sites for hydroxylation is 1. The molecule has 0 bridgehead atoms. The number of ether oxygens (including phenoxy) is 1. The van der Waals surface area contributed by atoms with Gasteiger partial charge in [-0.2, -0.15) is 0 Å². The largest absolute Gasteiger partial charge is 0.469 e. The molecule has 0 N–H and O–H groups in total. The van der Waals surface area contributed by atoms with Gasteiger partial charge in [0.25, 0.3) is 0 Å². The highest BCUT2D eigenvalue weighted by Gasteiger charge is 2.15. The minimum Gasteiger partial charge on any atom is -0.469 e. The van der Waals surface area contributed by atoms with Gasteiger partial charge in [0.05, 0.1) is 18.5 Å². The lowest BCUT2D eigenvalue weighted by Crippen LogP contribution is -2.14. The van der Waals surface area contributed by atoms with Gasteiger partial charge in [0, 0.05) is 11.1 Å². The zero-order valence-corrected chi connectivity index (χ0v) is 12.0. The van der Waals surface area contributed by atoms with Crippen LogP contribution in [0.25, 0.3) is 10.9 Å². The number of esters is 1. The summed E-state index contributed by atoms with van der Waals surface area (Å²) in [7, 11) is 1.41. The first-order valence-corrected chi connectivity index (χ1v) is 7.03. The van der Waals surface area contributed by atoms with Crippen molar-refractivity contribution in [2.24, 2.45) is 5.92 Å². The molecule has 19 heavy (non-hydrogen) atoms. The number of thioether (sulfide) groups is 1. The Bertz CT molecular complexity index is 601. The van der Waals surface area contributed by atoms with Crippen molar-refractivity contribution < 1.29 is 9.53 Å². The van der Waals surface area contributed by atoms with E-state index in [2.05, 4.69) is 9.97 Å². The Hall–Kier alpha value is -1.62. The standard InChI is InChI=1S/C14H16N2O2S/c1-9-5-4-6-11-12(9)15-8-16-13(11)19-7-10(2)14(17)18-3/h4-6,8,10H,7H2,1-3H3. The predicted octanol–water partition coefficient (Wildman–Crippen LogP) is 2.84. The quantitative estimate of drug-likeness (QED) is 0.488. The molecule has 0 aliphatic carbocycles. The number of hydrogen-bond donors (Lipinski definition) is 0. The van der Waals surface area contributed by atoms with Crippen molar-refractivity contribution >= 4 is 28.6 Å². The highest BCUT2D eigenvalue weighted by Crippen LogP contribution is 2.27. The van der Waals surface area contributed by atoms with Crippen molar-refractivity contribution in [2.45, 2.75) is 18.9 Å². The minimum absolute atomic E-state index is 0.148. The molecule has 1 aromatic heterocycles. The van der Waals surface area contributed by atoms with Gasteiger partial charge < -0.3 is 4.74 Å². The monoisotopic (exact) mass is 276 g/mol. The third-order valence-electron chi connectivity index (χ3n) is 2.90. The molecule has 1 aromatic carbocycles. The van der Waals surface area contributed by atoms with Gasteiger partial charge in [-0.15, -0.1) is 11.8 Å². The van der Waals surface area contributed by atoms with Gasteiger partial charge in [0.1, 0.15) is 11.4 Å². The number of hydrogen-bond acceptors (Lipinski definition) is 5. The maximum absolute atomic E-state index is 11.4. The third kappa shape index (κ3) is 3.04. The summed E-state index contributed by atoms with van der Waals surface area (Å²) in [5, 5.41) is 1.94. The third-order valence-corrected chi connectivity index (χ3v) is 4.17. The lowest BCUT2D eigenvalue weighted by atomic mass is 10.1. The van der Waals surface area contributed by atoms with Gasteiger partial charge in [0.2, 0.25) is 0 Å². The van der Waals surface area contributed by atoms with Crippen LogP contribution in [0.4, 0.5) is 0 Å². The maximum Gasteiger partial charge on any atom is 0.309 e. The molecule has 0 saturated heterocycles. The van der Waals surface area contributed by atoms with E-state index in [1.165, 1.54) is 7.11 Å². The number of nitrogens with zero attached hydrogens (tertiary/aromatic N) is 2. The van der Waals surface area contributed by atoms with E-state index in [4.69, 9.17) is 4.74 Å². The van der Waals surface area contributed by atoms with Crippen molar-refractivity contribution in [1.29, 1.82) is 0 Å². The average molecular weight is 276 g/mol. The minimum atomic E-state index is -0.193.